The van der Waals surface area contributed by atoms with E-state index in [1.807, 2.05) is 29.3 Å². The molecule has 1 saturated heterocycles. The molecule has 24 heavy (non-hydrogen) atoms. The fourth-order valence-corrected chi connectivity index (χ4v) is 3.78. The van der Waals surface area contributed by atoms with Gasteiger partial charge in [-0.3, -0.25) is 9.69 Å². The van der Waals surface area contributed by atoms with Crippen LogP contribution in [0.1, 0.15) is 34.6 Å². The molecule has 1 amide bonds. The minimum absolute atomic E-state index is 0.106. The van der Waals surface area contributed by atoms with Crippen molar-refractivity contribution in [3.63, 3.8) is 0 Å². The highest BCUT2D eigenvalue weighted by molar-refractivity contribution is 7.03. The third kappa shape index (κ3) is 3.44. The van der Waals surface area contributed by atoms with Crippen LogP contribution in [0, 0.1) is 6.92 Å². The molecule has 1 atom stereocenters. The molecule has 0 radical (unpaired) electrons. The Hall–Kier alpha value is -1.92. The smallest absolute Gasteiger partial charge is 0.256 e. The van der Waals surface area contributed by atoms with Crippen LogP contribution in [0.4, 0.5) is 0 Å². The topological polar surface area (TPSA) is 45.7 Å². The van der Waals surface area contributed by atoms with Crippen molar-refractivity contribution in [2.45, 2.75) is 19.9 Å². The quantitative estimate of drug-likeness (QED) is 0.855. The number of nitrogens with zero attached hydrogens (tertiary/aromatic N) is 3. The van der Waals surface area contributed by atoms with Crippen molar-refractivity contribution < 1.29 is 9.53 Å². The maximum atomic E-state index is 12.6. The minimum Gasteiger partial charge on any atom is -0.497 e. The number of hydrogen-bond acceptors (Lipinski definition) is 5. The van der Waals surface area contributed by atoms with Gasteiger partial charge in [-0.15, -0.1) is 0 Å². The van der Waals surface area contributed by atoms with Gasteiger partial charge in [-0.05, 0) is 43.1 Å². The Kier molecular flexibility index (Phi) is 5.16. The molecule has 128 valence electrons. The molecule has 2 heterocycles. The molecule has 0 bridgehead atoms. The zero-order valence-electron chi connectivity index (χ0n) is 14.4. The van der Waals surface area contributed by atoms with E-state index in [1.54, 1.807) is 7.11 Å². The van der Waals surface area contributed by atoms with Gasteiger partial charge in [0.25, 0.3) is 5.91 Å². The van der Waals surface area contributed by atoms with Crippen molar-refractivity contribution in [3.05, 3.63) is 46.5 Å². The third-order valence-corrected chi connectivity index (χ3v) is 5.43. The second-order valence-corrected chi connectivity index (χ2v) is 6.72. The Labute approximate surface area is 147 Å². The predicted octanol–water partition coefficient (Wildman–Crippen LogP) is 2.98. The van der Waals surface area contributed by atoms with Crippen LogP contribution in [-0.2, 0) is 0 Å². The number of piperazine rings is 1. The summed E-state index contributed by atoms with van der Waals surface area (Å²) < 4.78 is 9.52. The maximum Gasteiger partial charge on any atom is 0.256 e. The average molecular weight is 345 g/mol. The minimum atomic E-state index is 0.106. The number of methoxy groups -OCH3 is 1. The summed E-state index contributed by atoms with van der Waals surface area (Å²) in [7, 11) is 1.69. The summed E-state index contributed by atoms with van der Waals surface area (Å²) in [4.78, 5) is 16.9. The summed E-state index contributed by atoms with van der Waals surface area (Å²) in [6, 6.07) is 8.51. The van der Waals surface area contributed by atoms with Gasteiger partial charge in [-0.1, -0.05) is 12.1 Å². The zero-order valence-corrected chi connectivity index (χ0v) is 15.2. The maximum absolute atomic E-state index is 12.6. The molecule has 0 aliphatic carbocycles. The van der Waals surface area contributed by atoms with E-state index in [2.05, 4.69) is 28.3 Å². The average Bonchev–Trinajstić information content (AvgIpc) is 3.06. The lowest BCUT2D eigenvalue weighted by Crippen LogP contribution is -2.49. The van der Waals surface area contributed by atoms with Gasteiger partial charge in [-0.25, -0.2) is 0 Å². The van der Waals surface area contributed by atoms with Crippen LogP contribution in [0.5, 0.6) is 5.75 Å². The van der Waals surface area contributed by atoms with Gasteiger partial charge in [0, 0.05) is 37.6 Å². The second-order valence-electron chi connectivity index (χ2n) is 6.09. The molecular weight excluding hydrogens is 322 g/mol. The normalized spacial score (nSPS) is 16.9. The van der Waals surface area contributed by atoms with Crippen LogP contribution in [0.2, 0.25) is 0 Å². The Bertz CT molecular complexity index is 708. The van der Waals surface area contributed by atoms with Gasteiger partial charge in [0.1, 0.15) is 5.75 Å². The fraction of sp³-hybridized carbons (Fsp3) is 0.444. The number of carbonyl (C=O) groups is 1. The Balaban J connectivity index is 1.62. The number of hydrogen-bond donors (Lipinski definition) is 0. The highest BCUT2D eigenvalue weighted by Gasteiger charge is 2.26. The van der Waals surface area contributed by atoms with E-state index in [4.69, 9.17) is 4.74 Å². The van der Waals surface area contributed by atoms with Gasteiger partial charge in [0.05, 0.1) is 18.4 Å². The van der Waals surface area contributed by atoms with Gasteiger partial charge < -0.3 is 9.64 Å². The fourth-order valence-electron chi connectivity index (χ4n) is 3.09. The van der Waals surface area contributed by atoms with Crippen LogP contribution in [0.3, 0.4) is 0 Å². The van der Waals surface area contributed by atoms with Crippen LogP contribution in [0.25, 0.3) is 0 Å². The summed E-state index contributed by atoms with van der Waals surface area (Å²) in [6.07, 6.45) is 0. The molecule has 1 aromatic heterocycles. The van der Waals surface area contributed by atoms with E-state index in [1.165, 1.54) is 17.1 Å². The summed E-state index contributed by atoms with van der Waals surface area (Å²) in [5.74, 6) is 0.989. The number of aromatic nitrogens is 1. The van der Waals surface area contributed by atoms with Crippen LogP contribution < -0.4 is 4.74 Å². The van der Waals surface area contributed by atoms with Crippen molar-refractivity contribution >= 4 is 17.4 Å². The lowest BCUT2D eigenvalue weighted by Gasteiger charge is -2.38. The summed E-state index contributed by atoms with van der Waals surface area (Å²) in [5.41, 5.74) is 2.82. The molecule has 0 spiro atoms. The first-order valence-corrected chi connectivity index (χ1v) is 9.02. The van der Waals surface area contributed by atoms with E-state index in [0.29, 0.717) is 6.04 Å². The molecule has 3 rings (SSSR count). The van der Waals surface area contributed by atoms with Crippen molar-refractivity contribution in [1.82, 2.24) is 14.2 Å². The lowest BCUT2D eigenvalue weighted by atomic mass is 10.1. The highest BCUT2D eigenvalue weighted by atomic mass is 32.1. The van der Waals surface area contributed by atoms with Gasteiger partial charge in [0.2, 0.25) is 0 Å². The molecule has 1 fully saturated rings. The van der Waals surface area contributed by atoms with E-state index >= 15 is 0 Å². The molecule has 0 unspecified atom stereocenters. The molecule has 1 aliphatic heterocycles. The molecule has 0 N–H and O–H groups in total. The Morgan fingerprint density at radius 2 is 2.04 bits per heavy atom. The summed E-state index contributed by atoms with van der Waals surface area (Å²) >= 11 is 1.34. The SMILES string of the molecule is COc1cccc([C@H](C)N2CCN(C(=O)c3csnc3C)CC2)c1. The molecule has 1 aromatic carbocycles. The molecule has 2 aromatic rings. The van der Waals surface area contributed by atoms with Crippen molar-refractivity contribution in [1.29, 1.82) is 0 Å². The van der Waals surface area contributed by atoms with Crippen molar-refractivity contribution in [2.75, 3.05) is 33.3 Å². The van der Waals surface area contributed by atoms with E-state index in [0.717, 1.165) is 43.2 Å². The predicted molar refractivity (Wildman–Crippen MR) is 95.7 cm³/mol. The van der Waals surface area contributed by atoms with Crippen LogP contribution in [0.15, 0.2) is 29.6 Å². The Morgan fingerprint density at radius 3 is 2.67 bits per heavy atom. The molecule has 0 saturated carbocycles. The highest BCUT2D eigenvalue weighted by Crippen LogP contribution is 2.25. The van der Waals surface area contributed by atoms with Gasteiger partial charge >= 0.3 is 0 Å². The first-order chi connectivity index (χ1) is 11.6. The zero-order chi connectivity index (χ0) is 17.1. The van der Waals surface area contributed by atoms with E-state index in [9.17, 15) is 4.79 Å². The number of aryl methyl sites for hydroxylation is 1. The number of amides is 1. The molecule has 5 nitrogen and oxygen atoms in total. The lowest BCUT2D eigenvalue weighted by molar-refractivity contribution is 0.0581. The Morgan fingerprint density at radius 1 is 1.29 bits per heavy atom. The molecular formula is C18H23N3O2S. The van der Waals surface area contributed by atoms with Gasteiger partial charge in [0.15, 0.2) is 0 Å². The number of carbonyl (C=O) groups excluding carboxylic acids is 1. The van der Waals surface area contributed by atoms with E-state index in [-0.39, 0.29) is 5.91 Å². The van der Waals surface area contributed by atoms with Crippen LogP contribution in [-0.4, -0.2) is 53.4 Å². The first-order valence-electron chi connectivity index (χ1n) is 8.18. The van der Waals surface area contributed by atoms with E-state index < -0.39 is 0 Å². The molecule has 6 heteroatoms. The number of benzene rings is 1. The van der Waals surface area contributed by atoms with Crippen molar-refractivity contribution in [3.8, 4) is 5.75 Å². The summed E-state index contributed by atoms with van der Waals surface area (Å²) in [5, 5.41) is 1.85. The monoisotopic (exact) mass is 345 g/mol. The van der Waals surface area contributed by atoms with Crippen molar-refractivity contribution in [2.24, 2.45) is 0 Å². The number of ether oxygens (including phenoxy) is 1. The first kappa shape index (κ1) is 16.9. The largest absolute Gasteiger partial charge is 0.497 e. The number of rotatable bonds is 4. The third-order valence-electron chi connectivity index (χ3n) is 4.71. The van der Waals surface area contributed by atoms with Crippen LogP contribution >= 0.6 is 11.5 Å². The molecule has 1 aliphatic rings. The summed E-state index contributed by atoms with van der Waals surface area (Å²) in [6.45, 7) is 7.36. The standard InChI is InChI=1S/C18H23N3O2S/c1-13-17(12-24-19-13)18(22)21-9-7-20(8-10-21)14(2)15-5-4-6-16(11-15)23-3/h4-6,11-12,14H,7-10H2,1-3H3/t14-/m0/s1. The second kappa shape index (κ2) is 7.32. The van der Waals surface area contributed by atoms with Gasteiger partial charge in [-0.2, -0.15) is 4.37 Å².